The lowest BCUT2D eigenvalue weighted by Gasteiger charge is -2.01. The summed E-state index contributed by atoms with van der Waals surface area (Å²) in [6.45, 7) is 0.431. The molecule has 19 heavy (non-hydrogen) atoms. The fourth-order valence-corrected chi connectivity index (χ4v) is 1.50. The van der Waals surface area contributed by atoms with Crippen LogP contribution in [0.2, 0.25) is 0 Å². The summed E-state index contributed by atoms with van der Waals surface area (Å²) in [6.07, 6.45) is 6.44. The second-order valence-corrected chi connectivity index (χ2v) is 3.96. The molecule has 2 aromatic rings. The van der Waals surface area contributed by atoms with Gasteiger partial charge in [-0.05, 0) is 35.4 Å². The SMILES string of the molecule is O=C(/C=C\c1ccc(F)cc1)NCc1cccnc1. The van der Waals surface area contributed by atoms with Crippen molar-refractivity contribution in [1.82, 2.24) is 10.3 Å². The van der Waals surface area contributed by atoms with Gasteiger partial charge in [-0.3, -0.25) is 9.78 Å². The number of benzene rings is 1. The molecule has 1 aromatic carbocycles. The van der Waals surface area contributed by atoms with Crippen LogP contribution < -0.4 is 5.32 Å². The lowest BCUT2D eigenvalue weighted by molar-refractivity contribution is -0.116. The van der Waals surface area contributed by atoms with Crippen LogP contribution in [0.3, 0.4) is 0 Å². The molecule has 1 heterocycles. The molecule has 0 unspecified atom stereocenters. The van der Waals surface area contributed by atoms with E-state index in [9.17, 15) is 9.18 Å². The molecule has 0 saturated heterocycles. The molecule has 1 N–H and O–H groups in total. The van der Waals surface area contributed by atoms with Crippen LogP contribution in [0.15, 0.2) is 54.9 Å². The molecule has 96 valence electrons. The van der Waals surface area contributed by atoms with Gasteiger partial charge in [0.25, 0.3) is 0 Å². The van der Waals surface area contributed by atoms with Crippen molar-refractivity contribution in [3.8, 4) is 0 Å². The Hall–Kier alpha value is -2.49. The van der Waals surface area contributed by atoms with Crippen LogP contribution in [0.25, 0.3) is 6.08 Å². The van der Waals surface area contributed by atoms with E-state index in [-0.39, 0.29) is 11.7 Å². The standard InChI is InChI=1S/C15H13FN2O/c16-14-6-3-12(4-7-14)5-8-15(19)18-11-13-2-1-9-17-10-13/h1-10H,11H2,(H,18,19)/b8-5-. The van der Waals surface area contributed by atoms with Gasteiger partial charge in [0, 0.05) is 25.0 Å². The van der Waals surface area contributed by atoms with Gasteiger partial charge in [-0.25, -0.2) is 4.39 Å². The number of carbonyl (C=O) groups is 1. The molecule has 1 amide bonds. The maximum Gasteiger partial charge on any atom is 0.244 e. The molecule has 3 nitrogen and oxygen atoms in total. The van der Waals surface area contributed by atoms with Gasteiger partial charge in [0.05, 0.1) is 0 Å². The minimum atomic E-state index is -0.293. The van der Waals surface area contributed by atoms with Crippen molar-refractivity contribution in [1.29, 1.82) is 0 Å². The van der Waals surface area contributed by atoms with E-state index in [4.69, 9.17) is 0 Å². The Morgan fingerprint density at radius 1 is 1.26 bits per heavy atom. The summed E-state index contributed by atoms with van der Waals surface area (Å²) in [6, 6.07) is 9.63. The largest absolute Gasteiger partial charge is 0.348 e. The first kappa shape index (κ1) is 13.0. The Morgan fingerprint density at radius 3 is 2.74 bits per heavy atom. The molecule has 0 spiro atoms. The lowest BCUT2D eigenvalue weighted by Crippen LogP contribution is -2.20. The van der Waals surface area contributed by atoms with Crippen LogP contribution in [-0.4, -0.2) is 10.9 Å². The third kappa shape index (κ3) is 4.35. The van der Waals surface area contributed by atoms with Gasteiger partial charge in [-0.2, -0.15) is 0 Å². The number of hydrogen-bond acceptors (Lipinski definition) is 2. The third-order valence-corrected chi connectivity index (χ3v) is 2.49. The Kier molecular flexibility index (Phi) is 4.39. The van der Waals surface area contributed by atoms with Gasteiger partial charge < -0.3 is 5.32 Å². The molecule has 1 aromatic heterocycles. The molecule has 0 saturated carbocycles. The number of aromatic nitrogens is 1. The number of pyridine rings is 1. The highest BCUT2D eigenvalue weighted by atomic mass is 19.1. The lowest BCUT2D eigenvalue weighted by atomic mass is 10.2. The Bertz CT molecular complexity index is 564. The molecule has 0 bridgehead atoms. The van der Waals surface area contributed by atoms with Crippen LogP contribution in [0.1, 0.15) is 11.1 Å². The van der Waals surface area contributed by atoms with E-state index in [2.05, 4.69) is 10.3 Å². The number of nitrogens with zero attached hydrogens (tertiary/aromatic N) is 1. The summed E-state index contributed by atoms with van der Waals surface area (Å²) in [4.78, 5) is 15.5. The quantitative estimate of drug-likeness (QED) is 0.854. The first-order chi connectivity index (χ1) is 9.24. The topological polar surface area (TPSA) is 42.0 Å². The Balaban J connectivity index is 1.86. The smallest absolute Gasteiger partial charge is 0.244 e. The number of hydrogen-bond donors (Lipinski definition) is 1. The normalized spacial score (nSPS) is 10.6. The van der Waals surface area contributed by atoms with E-state index in [1.54, 1.807) is 30.6 Å². The molecule has 0 aliphatic rings. The Morgan fingerprint density at radius 2 is 2.05 bits per heavy atom. The number of amides is 1. The summed E-state index contributed by atoms with van der Waals surface area (Å²) in [5, 5.41) is 2.74. The van der Waals surface area contributed by atoms with E-state index in [1.165, 1.54) is 18.2 Å². The number of halogens is 1. The minimum Gasteiger partial charge on any atom is -0.348 e. The van der Waals surface area contributed by atoms with Gasteiger partial charge in [0.2, 0.25) is 5.91 Å². The van der Waals surface area contributed by atoms with Gasteiger partial charge >= 0.3 is 0 Å². The molecule has 0 radical (unpaired) electrons. The second-order valence-electron chi connectivity index (χ2n) is 3.96. The number of carbonyl (C=O) groups excluding carboxylic acids is 1. The molecule has 0 atom stereocenters. The molecular formula is C15H13FN2O. The van der Waals surface area contributed by atoms with Crippen molar-refractivity contribution in [3.63, 3.8) is 0 Å². The molecule has 4 heteroatoms. The van der Waals surface area contributed by atoms with Crippen LogP contribution in [0, 0.1) is 5.82 Å². The van der Waals surface area contributed by atoms with E-state index < -0.39 is 0 Å². The van der Waals surface area contributed by atoms with Crippen molar-refractivity contribution in [2.75, 3.05) is 0 Å². The van der Waals surface area contributed by atoms with Gasteiger partial charge in [-0.1, -0.05) is 18.2 Å². The zero-order valence-corrected chi connectivity index (χ0v) is 10.2. The molecular weight excluding hydrogens is 243 g/mol. The van der Waals surface area contributed by atoms with E-state index in [0.717, 1.165) is 11.1 Å². The predicted octanol–water partition coefficient (Wildman–Crippen LogP) is 2.55. The number of rotatable bonds is 4. The summed E-state index contributed by atoms with van der Waals surface area (Å²) in [5.41, 5.74) is 1.71. The van der Waals surface area contributed by atoms with Crippen LogP contribution >= 0.6 is 0 Å². The van der Waals surface area contributed by atoms with Gasteiger partial charge in [-0.15, -0.1) is 0 Å². The first-order valence-electron chi connectivity index (χ1n) is 5.84. The number of nitrogens with one attached hydrogen (secondary N) is 1. The van der Waals surface area contributed by atoms with Crippen molar-refractivity contribution >= 4 is 12.0 Å². The first-order valence-corrected chi connectivity index (χ1v) is 5.84. The van der Waals surface area contributed by atoms with Crippen molar-refractivity contribution < 1.29 is 9.18 Å². The summed E-state index contributed by atoms with van der Waals surface area (Å²) in [7, 11) is 0. The fourth-order valence-electron chi connectivity index (χ4n) is 1.50. The maximum atomic E-state index is 12.7. The maximum absolute atomic E-state index is 12.7. The highest BCUT2D eigenvalue weighted by molar-refractivity contribution is 5.91. The molecule has 0 fully saturated rings. The van der Waals surface area contributed by atoms with Crippen LogP contribution in [0.4, 0.5) is 4.39 Å². The average Bonchev–Trinajstić information content (AvgIpc) is 2.45. The monoisotopic (exact) mass is 256 g/mol. The predicted molar refractivity (Wildman–Crippen MR) is 71.5 cm³/mol. The second kappa shape index (κ2) is 6.44. The molecule has 2 rings (SSSR count). The van der Waals surface area contributed by atoms with E-state index in [1.807, 2.05) is 12.1 Å². The summed E-state index contributed by atoms with van der Waals surface area (Å²) < 4.78 is 12.7. The van der Waals surface area contributed by atoms with Gasteiger partial charge in [0.1, 0.15) is 5.82 Å². The zero-order chi connectivity index (χ0) is 13.5. The van der Waals surface area contributed by atoms with Crippen molar-refractivity contribution in [3.05, 3.63) is 71.8 Å². The highest BCUT2D eigenvalue weighted by Gasteiger charge is 1.96. The average molecular weight is 256 g/mol. The molecule has 0 aliphatic heterocycles. The summed E-state index contributed by atoms with van der Waals surface area (Å²) >= 11 is 0. The van der Waals surface area contributed by atoms with E-state index >= 15 is 0 Å². The van der Waals surface area contributed by atoms with Gasteiger partial charge in [0.15, 0.2) is 0 Å². The highest BCUT2D eigenvalue weighted by Crippen LogP contribution is 2.04. The van der Waals surface area contributed by atoms with Crippen LogP contribution in [-0.2, 0) is 11.3 Å². The van der Waals surface area contributed by atoms with Crippen molar-refractivity contribution in [2.24, 2.45) is 0 Å². The fraction of sp³-hybridized carbons (Fsp3) is 0.0667. The van der Waals surface area contributed by atoms with Crippen LogP contribution in [0.5, 0.6) is 0 Å². The summed E-state index contributed by atoms with van der Waals surface area (Å²) in [5.74, 6) is -0.494. The Labute approximate surface area is 110 Å². The third-order valence-electron chi connectivity index (χ3n) is 2.49. The zero-order valence-electron chi connectivity index (χ0n) is 10.2. The van der Waals surface area contributed by atoms with E-state index in [0.29, 0.717) is 6.54 Å². The minimum absolute atomic E-state index is 0.201. The molecule has 0 aliphatic carbocycles. The van der Waals surface area contributed by atoms with Crippen molar-refractivity contribution in [2.45, 2.75) is 6.54 Å².